The molecule has 4 rings (SSSR count). The molecule has 1 atom stereocenters. The van der Waals surface area contributed by atoms with Gasteiger partial charge in [0.2, 0.25) is 5.95 Å². The Morgan fingerprint density at radius 3 is 2.70 bits per heavy atom. The van der Waals surface area contributed by atoms with Gasteiger partial charge in [-0.15, -0.1) is 0 Å². The third-order valence-corrected chi connectivity index (χ3v) is 4.54. The molecule has 9 heteroatoms. The van der Waals surface area contributed by atoms with Gasteiger partial charge >= 0.3 is 6.03 Å². The van der Waals surface area contributed by atoms with Crippen LogP contribution in [-0.4, -0.2) is 42.6 Å². The van der Waals surface area contributed by atoms with E-state index in [0.29, 0.717) is 34.9 Å². The lowest BCUT2D eigenvalue weighted by Crippen LogP contribution is -2.28. The van der Waals surface area contributed by atoms with E-state index in [1.54, 1.807) is 37.8 Å². The predicted octanol–water partition coefficient (Wildman–Crippen LogP) is 3.28. The Kier molecular flexibility index (Phi) is 5.36. The molecule has 0 aliphatic heterocycles. The maximum atomic E-state index is 11.9. The number of rotatable bonds is 5. The number of benzene rings is 1. The van der Waals surface area contributed by atoms with Crippen molar-refractivity contribution in [2.45, 2.75) is 20.0 Å². The number of nitrogens with one attached hydrogen (secondary N) is 3. The number of imidazole rings is 1. The first kappa shape index (κ1) is 19.5. The van der Waals surface area contributed by atoms with Crippen molar-refractivity contribution in [1.82, 2.24) is 30.2 Å². The molecule has 30 heavy (non-hydrogen) atoms. The summed E-state index contributed by atoms with van der Waals surface area (Å²) >= 11 is 0. The van der Waals surface area contributed by atoms with Crippen LogP contribution < -0.4 is 10.6 Å². The number of urea groups is 1. The van der Waals surface area contributed by atoms with Gasteiger partial charge in [-0.3, -0.25) is 10.3 Å². The fourth-order valence-corrected chi connectivity index (χ4v) is 3.11. The highest BCUT2D eigenvalue weighted by Gasteiger charge is 2.15. The number of hydrogen-bond acceptors (Lipinski definition) is 6. The van der Waals surface area contributed by atoms with Crippen LogP contribution in [0, 0.1) is 0 Å². The van der Waals surface area contributed by atoms with E-state index in [9.17, 15) is 9.90 Å². The first-order valence-corrected chi connectivity index (χ1v) is 9.54. The minimum atomic E-state index is -0.628. The van der Waals surface area contributed by atoms with Gasteiger partial charge in [-0.1, -0.05) is 0 Å². The van der Waals surface area contributed by atoms with Crippen LogP contribution in [0.1, 0.15) is 25.5 Å². The fraction of sp³-hybridized carbons (Fsp3) is 0.190. The lowest BCUT2D eigenvalue weighted by molar-refractivity contribution is 0.199. The number of nitrogens with zero attached hydrogens (tertiary/aromatic N) is 4. The number of fused-ring (bicyclic) bond motifs is 1. The molecule has 4 aromatic rings. The van der Waals surface area contributed by atoms with Crippen molar-refractivity contribution in [2.24, 2.45) is 0 Å². The molecule has 0 saturated heterocycles. The normalized spacial score (nSPS) is 12.0. The molecule has 152 valence electrons. The molecular formula is C21H21N7O2. The van der Waals surface area contributed by atoms with Gasteiger partial charge in [0.1, 0.15) is 0 Å². The molecule has 0 radical (unpaired) electrons. The number of carbonyl (C=O) groups excluding carboxylic acids is 1. The largest absolute Gasteiger partial charge is 0.389 e. The molecule has 0 saturated carbocycles. The molecule has 0 aliphatic carbocycles. The van der Waals surface area contributed by atoms with Crippen LogP contribution in [-0.2, 0) is 0 Å². The standard InChI is InChI=1S/C21H21N7O2/c1-3-23-21(30)28-20-26-17-9-13(15-7-14(12(2)29)10-22-11-15)8-16(18(17)27-20)19-24-5-4-6-25-19/h4-12,29H,3H2,1-2H3,(H3,23,26,27,28,30). The quantitative estimate of drug-likeness (QED) is 0.405. The second-order valence-electron chi connectivity index (χ2n) is 6.74. The number of pyridine rings is 1. The number of aliphatic hydroxyl groups is 1. The van der Waals surface area contributed by atoms with Crippen molar-refractivity contribution in [3.05, 3.63) is 54.6 Å². The SMILES string of the molecule is CCNC(=O)Nc1nc2cc(-c3cncc(C(C)O)c3)cc(-c3ncccn3)c2[nH]1. The van der Waals surface area contributed by atoms with Crippen LogP contribution in [0.3, 0.4) is 0 Å². The van der Waals surface area contributed by atoms with Gasteiger partial charge in [0, 0.05) is 42.5 Å². The summed E-state index contributed by atoms with van der Waals surface area (Å²) in [5.74, 6) is 0.846. The minimum Gasteiger partial charge on any atom is -0.389 e. The van der Waals surface area contributed by atoms with Crippen LogP contribution in [0.15, 0.2) is 49.1 Å². The lowest BCUT2D eigenvalue weighted by atomic mass is 10.0. The van der Waals surface area contributed by atoms with Crippen molar-refractivity contribution in [3.8, 4) is 22.5 Å². The zero-order chi connectivity index (χ0) is 21.1. The van der Waals surface area contributed by atoms with E-state index < -0.39 is 6.10 Å². The van der Waals surface area contributed by atoms with Gasteiger partial charge < -0.3 is 15.4 Å². The van der Waals surface area contributed by atoms with E-state index in [0.717, 1.165) is 16.7 Å². The molecule has 0 aliphatic rings. The van der Waals surface area contributed by atoms with E-state index in [1.807, 2.05) is 25.1 Å². The summed E-state index contributed by atoms with van der Waals surface area (Å²) in [5, 5.41) is 15.3. The fourth-order valence-electron chi connectivity index (χ4n) is 3.11. The van der Waals surface area contributed by atoms with Gasteiger partial charge in [0.25, 0.3) is 0 Å². The van der Waals surface area contributed by atoms with Gasteiger partial charge in [-0.25, -0.2) is 19.7 Å². The van der Waals surface area contributed by atoms with E-state index in [4.69, 9.17) is 0 Å². The Morgan fingerprint density at radius 1 is 1.17 bits per heavy atom. The topological polar surface area (TPSA) is 129 Å². The highest BCUT2D eigenvalue weighted by molar-refractivity contribution is 5.97. The van der Waals surface area contributed by atoms with Crippen LogP contribution in [0.2, 0.25) is 0 Å². The molecule has 1 unspecified atom stereocenters. The molecule has 1 aromatic carbocycles. The van der Waals surface area contributed by atoms with Crippen LogP contribution in [0.5, 0.6) is 0 Å². The number of H-pyrrole nitrogens is 1. The summed E-state index contributed by atoms with van der Waals surface area (Å²) in [6.45, 7) is 4.04. The van der Waals surface area contributed by atoms with Gasteiger partial charge in [-0.2, -0.15) is 0 Å². The zero-order valence-electron chi connectivity index (χ0n) is 16.5. The Morgan fingerprint density at radius 2 is 1.97 bits per heavy atom. The van der Waals surface area contributed by atoms with E-state index in [-0.39, 0.29) is 6.03 Å². The first-order valence-electron chi connectivity index (χ1n) is 9.54. The van der Waals surface area contributed by atoms with Crippen LogP contribution >= 0.6 is 0 Å². The lowest BCUT2D eigenvalue weighted by Gasteiger charge is -2.09. The summed E-state index contributed by atoms with van der Waals surface area (Å²) in [7, 11) is 0. The molecular weight excluding hydrogens is 382 g/mol. The Balaban J connectivity index is 1.86. The number of aromatic amines is 1. The molecule has 3 heterocycles. The maximum absolute atomic E-state index is 11.9. The third kappa shape index (κ3) is 3.96. The Bertz CT molecular complexity index is 1190. The third-order valence-electron chi connectivity index (χ3n) is 4.54. The molecule has 4 N–H and O–H groups in total. The second kappa shape index (κ2) is 8.26. The molecule has 0 fully saturated rings. The van der Waals surface area contributed by atoms with Crippen molar-refractivity contribution in [1.29, 1.82) is 0 Å². The predicted molar refractivity (Wildman–Crippen MR) is 114 cm³/mol. The summed E-state index contributed by atoms with van der Waals surface area (Å²) < 4.78 is 0. The Hall–Kier alpha value is -3.85. The van der Waals surface area contributed by atoms with E-state index in [2.05, 4.69) is 35.6 Å². The first-order chi connectivity index (χ1) is 14.5. The van der Waals surface area contributed by atoms with Gasteiger partial charge in [-0.05, 0) is 49.2 Å². The molecule has 0 bridgehead atoms. The smallest absolute Gasteiger partial charge is 0.321 e. The highest BCUT2D eigenvalue weighted by Crippen LogP contribution is 2.32. The number of aliphatic hydroxyl groups excluding tert-OH is 1. The number of anilines is 1. The van der Waals surface area contributed by atoms with Crippen molar-refractivity contribution >= 4 is 23.0 Å². The van der Waals surface area contributed by atoms with Crippen molar-refractivity contribution in [3.63, 3.8) is 0 Å². The number of aromatic nitrogens is 5. The summed E-state index contributed by atoms with van der Waals surface area (Å²) in [6, 6.07) is 7.12. The highest BCUT2D eigenvalue weighted by atomic mass is 16.3. The molecule has 3 aromatic heterocycles. The van der Waals surface area contributed by atoms with Crippen LogP contribution in [0.4, 0.5) is 10.7 Å². The number of amides is 2. The molecule has 0 spiro atoms. The monoisotopic (exact) mass is 403 g/mol. The second-order valence-corrected chi connectivity index (χ2v) is 6.74. The van der Waals surface area contributed by atoms with E-state index in [1.165, 1.54) is 0 Å². The average Bonchev–Trinajstić information content (AvgIpc) is 3.16. The number of hydrogen-bond donors (Lipinski definition) is 4. The molecule has 9 nitrogen and oxygen atoms in total. The number of carbonyl (C=O) groups is 1. The van der Waals surface area contributed by atoms with Gasteiger partial charge in [0.15, 0.2) is 5.82 Å². The molecule has 2 amide bonds. The van der Waals surface area contributed by atoms with Crippen molar-refractivity contribution < 1.29 is 9.90 Å². The zero-order valence-corrected chi connectivity index (χ0v) is 16.5. The van der Waals surface area contributed by atoms with Crippen LogP contribution in [0.25, 0.3) is 33.5 Å². The van der Waals surface area contributed by atoms with Gasteiger partial charge in [0.05, 0.1) is 17.1 Å². The summed E-state index contributed by atoms with van der Waals surface area (Å²) in [4.78, 5) is 32.5. The minimum absolute atomic E-state index is 0.320. The average molecular weight is 403 g/mol. The summed E-state index contributed by atoms with van der Waals surface area (Å²) in [6.07, 6.45) is 6.07. The Labute approximate surface area is 172 Å². The van der Waals surface area contributed by atoms with E-state index >= 15 is 0 Å². The summed E-state index contributed by atoms with van der Waals surface area (Å²) in [5.41, 5.74) is 4.47. The maximum Gasteiger partial charge on any atom is 0.321 e. The van der Waals surface area contributed by atoms with Crippen molar-refractivity contribution in [2.75, 3.05) is 11.9 Å².